The smallest absolute Gasteiger partial charge is 0.307 e. The van der Waals surface area contributed by atoms with Gasteiger partial charge in [-0.25, -0.2) is 0 Å². The minimum absolute atomic E-state index is 0.0215. The number of carbonyl (C=O) groups is 4. The lowest BCUT2D eigenvalue weighted by Crippen LogP contribution is -2.30. The maximum absolute atomic E-state index is 12.5. The van der Waals surface area contributed by atoms with E-state index in [1.54, 1.807) is 0 Å². The van der Waals surface area contributed by atoms with Crippen molar-refractivity contribution >= 4 is 51.2 Å². The molecule has 1 atom stereocenters. The van der Waals surface area contributed by atoms with E-state index in [4.69, 9.17) is 10.5 Å². The van der Waals surface area contributed by atoms with Gasteiger partial charge >= 0.3 is 5.97 Å². The number of carbonyl (C=O) groups excluding carboxylic acids is 4. The normalized spacial score (nSPS) is 13.6. The monoisotopic (exact) mass is 448 g/mol. The SMILES string of the molecule is Cc1cc(C(=O)CCC(=O)OC(C)C(=O)Nc2sc3c(c2C(N)=O)CCC3)c(C)s1. The van der Waals surface area contributed by atoms with Gasteiger partial charge in [0.25, 0.3) is 11.8 Å². The van der Waals surface area contributed by atoms with Crippen LogP contribution in [0.15, 0.2) is 6.07 Å². The number of Topliss-reactive ketones (excluding diaryl/α,β-unsaturated/α-hetero) is 1. The molecule has 2 aromatic rings. The van der Waals surface area contributed by atoms with E-state index in [1.165, 1.54) is 29.6 Å². The predicted molar refractivity (Wildman–Crippen MR) is 116 cm³/mol. The van der Waals surface area contributed by atoms with Crippen LogP contribution >= 0.6 is 22.7 Å². The number of amides is 2. The molecule has 3 N–H and O–H groups in total. The molecule has 0 spiro atoms. The Kier molecular flexibility index (Phi) is 6.72. The summed E-state index contributed by atoms with van der Waals surface area (Å²) < 4.78 is 5.17. The number of hydrogen-bond acceptors (Lipinski definition) is 7. The van der Waals surface area contributed by atoms with Gasteiger partial charge in [0.05, 0.1) is 12.0 Å². The van der Waals surface area contributed by atoms with Gasteiger partial charge in [0, 0.05) is 26.6 Å². The lowest BCUT2D eigenvalue weighted by molar-refractivity contribution is -0.153. The minimum Gasteiger partial charge on any atom is -0.453 e. The van der Waals surface area contributed by atoms with Crippen molar-refractivity contribution in [3.05, 3.63) is 37.4 Å². The highest BCUT2D eigenvalue weighted by Gasteiger charge is 2.28. The van der Waals surface area contributed by atoms with Crippen LogP contribution in [-0.2, 0) is 27.2 Å². The molecule has 1 unspecified atom stereocenters. The molecule has 9 heteroatoms. The summed E-state index contributed by atoms with van der Waals surface area (Å²) in [4.78, 5) is 51.7. The first-order valence-electron chi connectivity index (χ1n) is 9.72. The summed E-state index contributed by atoms with van der Waals surface area (Å²) in [6.45, 7) is 5.25. The van der Waals surface area contributed by atoms with Crippen LogP contribution in [0.3, 0.4) is 0 Å². The van der Waals surface area contributed by atoms with Gasteiger partial charge in [-0.2, -0.15) is 0 Å². The molecule has 1 aliphatic rings. The summed E-state index contributed by atoms with van der Waals surface area (Å²) >= 11 is 2.88. The van der Waals surface area contributed by atoms with Crippen molar-refractivity contribution in [2.75, 3.05) is 5.32 Å². The van der Waals surface area contributed by atoms with Crippen molar-refractivity contribution in [1.29, 1.82) is 0 Å². The fraction of sp³-hybridized carbons (Fsp3) is 0.429. The molecule has 0 saturated carbocycles. The molecule has 0 aliphatic heterocycles. The second-order valence-electron chi connectivity index (χ2n) is 7.30. The molecule has 7 nitrogen and oxygen atoms in total. The zero-order chi connectivity index (χ0) is 22.0. The van der Waals surface area contributed by atoms with E-state index in [-0.39, 0.29) is 18.6 Å². The molecular formula is C21H24N2O5S2. The van der Waals surface area contributed by atoms with Crippen molar-refractivity contribution in [2.45, 2.75) is 59.0 Å². The number of aryl methyl sites for hydroxylation is 3. The first-order valence-corrected chi connectivity index (χ1v) is 11.4. The van der Waals surface area contributed by atoms with Crippen molar-refractivity contribution < 1.29 is 23.9 Å². The molecule has 0 radical (unpaired) electrons. The number of ether oxygens (including phenoxy) is 1. The third kappa shape index (κ3) is 4.79. The first kappa shape index (κ1) is 22.2. The van der Waals surface area contributed by atoms with E-state index in [0.29, 0.717) is 16.1 Å². The van der Waals surface area contributed by atoms with Crippen LogP contribution in [0.2, 0.25) is 0 Å². The van der Waals surface area contributed by atoms with Gasteiger partial charge in [-0.05, 0) is 51.7 Å². The van der Waals surface area contributed by atoms with Crippen LogP contribution in [-0.4, -0.2) is 29.7 Å². The molecule has 0 aromatic carbocycles. The Morgan fingerprint density at radius 1 is 1.17 bits per heavy atom. The van der Waals surface area contributed by atoms with Gasteiger partial charge in [0.15, 0.2) is 11.9 Å². The van der Waals surface area contributed by atoms with Crippen LogP contribution < -0.4 is 11.1 Å². The lowest BCUT2D eigenvalue weighted by Gasteiger charge is -2.13. The van der Waals surface area contributed by atoms with E-state index in [9.17, 15) is 19.2 Å². The second-order valence-corrected chi connectivity index (χ2v) is 9.86. The summed E-state index contributed by atoms with van der Waals surface area (Å²) in [6.07, 6.45) is 1.44. The van der Waals surface area contributed by atoms with Crippen LogP contribution in [0.25, 0.3) is 0 Å². The van der Waals surface area contributed by atoms with Gasteiger partial charge in [-0.15, -0.1) is 22.7 Å². The Hall–Kier alpha value is -2.52. The Morgan fingerprint density at radius 2 is 1.90 bits per heavy atom. The standard InChI is InChI=1S/C21H24N2O5S2/c1-10-9-14(12(3)29-10)15(24)7-8-17(25)28-11(2)20(27)23-21-18(19(22)26)13-5-4-6-16(13)30-21/h9,11H,4-8H2,1-3H3,(H2,22,26)(H,23,27). The highest BCUT2D eigenvalue weighted by Crippen LogP contribution is 2.38. The van der Waals surface area contributed by atoms with E-state index in [2.05, 4.69) is 5.32 Å². The number of fused-ring (bicyclic) bond motifs is 1. The Labute approximate surface area is 182 Å². The molecule has 160 valence electrons. The molecule has 0 fully saturated rings. The van der Waals surface area contributed by atoms with Gasteiger partial charge in [0.2, 0.25) is 0 Å². The van der Waals surface area contributed by atoms with Crippen molar-refractivity contribution in [1.82, 2.24) is 0 Å². The van der Waals surface area contributed by atoms with Gasteiger partial charge in [-0.3, -0.25) is 19.2 Å². The first-order chi connectivity index (χ1) is 14.2. The largest absolute Gasteiger partial charge is 0.453 e. The van der Waals surface area contributed by atoms with Crippen molar-refractivity contribution in [3.8, 4) is 0 Å². The quantitative estimate of drug-likeness (QED) is 0.473. The molecule has 0 saturated heterocycles. The van der Waals surface area contributed by atoms with Gasteiger partial charge < -0.3 is 15.8 Å². The highest BCUT2D eigenvalue weighted by molar-refractivity contribution is 7.17. The Balaban J connectivity index is 1.54. The average molecular weight is 449 g/mol. The van der Waals surface area contributed by atoms with Gasteiger partial charge in [-0.1, -0.05) is 0 Å². The van der Waals surface area contributed by atoms with Gasteiger partial charge in [0.1, 0.15) is 5.00 Å². The predicted octanol–water partition coefficient (Wildman–Crippen LogP) is 3.55. The molecule has 2 amide bonds. The van der Waals surface area contributed by atoms with Crippen LogP contribution in [0, 0.1) is 13.8 Å². The summed E-state index contributed by atoms with van der Waals surface area (Å²) in [5.74, 6) is -1.86. The number of thiophene rings is 2. The van der Waals surface area contributed by atoms with Crippen LogP contribution in [0.1, 0.15) is 67.1 Å². The fourth-order valence-corrected chi connectivity index (χ4v) is 5.77. The lowest BCUT2D eigenvalue weighted by atomic mass is 10.1. The number of ketones is 1. The molecule has 30 heavy (non-hydrogen) atoms. The minimum atomic E-state index is -1.06. The maximum Gasteiger partial charge on any atom is 0.307 e. The molecule has 2 heterocycles. The maximum atomic E-state index is 12.5. The topological polar surface area (TPSA) is 116 Å². The number of anilines is 1. The van der Waals surface area contributed by atoms with Crippen molar-refractivity contribution in [3.63, 3.8) is 0 Å². The Bertz CT molecular complexity index is 1020. The molecule has 0 bridgehead atoms. The number of nitrogens with one attached hydrogen (secondary N) is 1. The van der Waals surface area contributed by atoms with E-state index < -0.39 is 23.9 Å². The number of esters is 1. The van der Waals surface area contributed by atoms with Crippen LogP contribution in [0.4, 0.5) is 5.00 Å². The zero-order valence-corrected chi connectivity index (χ0v) is 18.8. The molecule has 1 aliphatic carbocycles. The fourth-order valence-electron chi connectivity index (χ4n) is 3.53. The van der Waals surface area contributed by atoms with E-state index in [0.717, 1.165) is 39.5 Å². The summed E-state index contributed by atoms with van der Waals surface area (Å²) in [5.41, 5.74) is 7.38. The van der Waals surface area contributed by atoms with Crippen molar-refractivity contribution in [2.24, 2.45) is 5.73 Å². The summed E-state index contributed by atoms with van der Waals surface area (Å²) in [5, 5.41) is 3.06. The Morgan fingerprint density at radius 3 is 2.53 bits per heavy atom. The third-order valence-corrected chi connectivity index (χ3v) is 7.15. The van der Waals surface area contributed by atoms with Crippen LogP contribution in [0.5, 0.6) is 0 Å². The zero-order valence-electron chi connectivity index (χ0n) is 17.1. The molecular weight excluding hydrogens is 424 g/mol. The number of nitrogens with two attached hydrogens (primary N) is 1. The third-order valence-electron chi connectivity index (χ3n) is 4.98. The second kappa shape index (κ2) is 9.09. The summed E-state index contributed by atoms with van der Waals surface area (Å²) in [7, 11) is 0. The molecule has 3 rings (SSSR count). The molecule has 2 aromatic heterocycles. The van der Waals surface area contributed by atoms with E-state index >= 15 is 0 Å². The number of primary amides is 1. The van der Waals surface area contributed by atoms with E-state index in [1.807, 2.05) is 19.9 Å². The highest BCUT2D eigenvalue weighted by atomic mass is 32.1. The number of rotatable bonds is 8. The average Bonchev–Trinajstić information content (AvgIpc) is 3.33. The number of hydrogen-bond donors (Lipinski definition) is 2. The summed E-state index contributed by atoms with van der Waals surface area (Å²) in [6, 6.07) is 1.82.